The minimum atomic E-state index is 0. The van der Waals surface area contributed by atoms with E-state index in [2.05, 4.69) is 66.8 Å². The van der Waals surface area contributed by atoms with Gasteiger partial charge in [-0.2, -0.15) is 0 Å². The maximum atomic E-state index is 5.79. The molecule has 0 N–H and O–H groups in total. The van der Waals surface area contributed by atoms with Gasteiger partial charge in [0.15, 0.2) is 0 Å². The van der Waals surface area contributed by atoms with E-state index in [0.717, 1.165) is 52.7 Å². The molecule has 0 atom stereocenters. The molecule has 0 aliphatic rings. The molecule has 0 aliphatic carbocycles. The summed E-state index contributed by atoms with van der Waals surface area (Å²) in [7, 11) is 6.09. The molecular weight excluding hydrogens is 464 g/mol. The number of likely N-dealkylation sites (N-methyl/N-ethyl adjacent to an activating group) is 1. The van der Waals surface area contributed by atoms with Crippen molar-refractivity contribution < 1.29 is 9.47 Å². The maximum Gasteiger partial charge on any atom is 0.119 e. The molecule has 5 heteroatoms. The lowest BCUT2D eigenvalue weighted by Gasteiger charge is -2.14. The van der Waals surface area contributed by atoms with Gasteiger partial charge in [-0.3, -0.25) is 4.90 Å². The smallest absolute Gasteiger partial charge is 0.119 e. The number of hydrogen-bond donors (Lipinski definition) is 0. The Balaban J connectivity index is 0.00000456. The average Bonchev–Trinajstić information content (AvgIpc) is 3.33. The Morgan fingerprint density at radius 2 is 1.33 bits per heavy atom. The first-order chi connectivity index (χ1) is 17.0. The van der Waals surface area contributed by atoms with Gasteiger partial charge in [-0.1, -0.05) is 50.2 Å². The molecule has 0 amide bonds. The predicted octanol–water partition coefficient (Wildman–Crippen LogP) is 5.59. The largest absolute Gasteiger partial charge is 0.492 e. The number of thiophene rings is 1. The summed E-state index contributed by atoms with van der Waals surface area (Å²) in [6.07, 6.45) is 0.904. The Labute approximate surface area is 221 Å². The van der Waals surface area contributed by atoms with E-state index >= 15 is 0 Å². The molecule has 190 valence electrons. The Kier molecular flexibility index (Phi) is 12.8. The molecule has 0 unspecified atom stereocenters. The highest BCUT2D eigenvalue weighted by molar-refractivity contribution is 7.13. The molecule has 0 saturated carbocycles. The van der Waals surface area contributed by atoms with Crippen LogP contribution in [0.4, 0.5) is 0 Å². The second kappa shape index (κ2) is 15.8. The molecule has 1 aromatic heterocycles. The highest BCUT2D eigenvalue weighted by atomic mass is 32.1. The molecule has 3 rings (SSSR count). The van der Waals surface area contributed by atoms with Crippen molar-refractivity contribution in [2.24, 2.45) is 0 Å². The summed E-state index contributed by atoms with van der Waals surface area (Å²) in [6.45, 7) is 6.13. The molecule has 1 heterocycles. The van der Waals surface area contributed by atoms with Crippen molar-refractivity contribution in [1.29, 1.82) is 0 Å². The summed E-state index contributed by atoms with van der Waals surface area (Å²) >= 11 is 1.61. The number of nitrogens with zero attached hydrogens (tertiary/aromatic N) is 2. The first kappa shape index (κ1) is 29.2. The molecule has 3 aromatic rings. The fourth-order valence-corrected chi connectivity index (χ4v) is 3.76. The minimum Gasteiger partial charge on any atom is -0.492 e. The molecule has 2 aromatic carbocycles. The number of ether oxygens (including phenoxy) is 2. The molecule has 0 fully saturated rings. The van der Waals surface area contributed by atoms with Gasteiger partial charge in [0, 0.05) is 17.7 Å². The summed E-state index contributed by atoms with van der Waals surface area (Å²) in [6, 6.07) is 20.4. The molecule has 4 nitrogen and oxygen atoms in total. The van der Waals surface area contributed by atoms with Gasteiger partial charge in [0.2, 0.25) is 0 Å². The van der Waals surface area contributed by atoms with Gasteiger partial charge in [-0.15, -0.1) is 11.3 Å². The second-order valence-corrected chi connectivity index (χ2v) is 9.58. The van der Waals surface area contributed by atoms with Crippen LogP contribution in [0.25, 0.3) is 0 Å². The van der Waals surface area contributed by atoms with Crippen LogP contribution in [0, 0.1) is 23.7 Å². The fourth-order valence-electron chi connectivity index (χ4n) is 3.04. The third-order valence-corrected chi connectivity index (χ3v) is 6.16. The van der Waals surface area contributed by atoms with E-state index in [1.54, 1.807) is 11.3 Å². The molecule has 0 aliphatic heterocycles. The van der Waals surface area contributed by atoms with Gasteiger partial charge in [0.25, 0.3) is 0 Å². The van der Waals surface area contributed by atoms with Crippen LogP contribution >= 0.6 is 11.3 Å². The van der Waals surface area contributed by atoms with E-state index in [0.29, 0.717) is 13.3 Å². The summed E-state index contributed by atoms with van der Waals surface area (Å²) in [5.74, 6) is 13.8. The van der Waals surface area contributed by atoms with Crippen LogP contribution in [0.1, 0.15) is 40.8 Å². The van der Waals surface area contributed by atoms with E-state index < -0.39 is 0 Å². The van der Waals surface area contributed by atoms with E-state index in [9.17, 15) is 0 Å². The highest BCUT2D eigenvalue weighted by Gasteiger charge is 1.99. The molecule has 36 heavy (non-hydrogen) atoms. The topological polar surface area (TPSA) is 24.9 Å². The quantitative estimate of drug-likeness (QED) is 0.205. The summed E-state index contributed by atoms with van der Waals surface area (Å²) in [4.78, 5) is 6.25. The van der Waals surface area contributed by atoms with Crippen molar-refractivity contribution in [2.45, 2.75) is 20.8 Å². The molecule has 0 spiro atoms. The first-order valence-corrected chi connectivity index (χ1v) is 12.7. The zero-order valence-electron chi connectivity index (χ0n) is 21.1. The van der Waals surface area contributed by atoms with Gasteiger partial charge >= 0.3 is 0 Å². The normalized spacial score (nSPS) is 10.3. The average molecular weight is 503 g/mol. The SMILES string of the molecule is C.CCN(C)CCOc1ccc(C#Cc2ccc(C#Cc3ccc(CCOCN(C)C)cc3)s2)cc1. The summed E-state index contributed by atoms with van der Waals surface area (Å²) in [5.41, 5.74) is 3.23. The third kappa shape index (κ3) is 10.7. The first-order valence-electron chi connectivity index (χ1n) is 11.9. The van der Waals surface area contributed by atoms with Crippen molar-refractivity contribution in [1.82, 2.24) is 9.80 Å². The lowest BCUT2D eigenvalue weighted by Crippen LogP contribution is -2.23. The van der Waals surface area contributed by atoms with Crippen molar-refractivity contribution in [3.8, 4) is 29.4 Å². The zero-order chi connectivity index (χ0) is 24.9. The Morgan fingerprint density at radius 3 is 1.89 bits per heavy atom. The molecule has 0 saturated heterocycles. The summed E-state index contributed by atoms with van der Waals surface area (Å²) in [5, 5.41) is 0. The number of rotatable bonds is 10. The molecule has 0 bridgehead atoms. The standard InChI is InChI=1S/C30H34N2O2S.CH4/c1-5-32(4)21-23-34-28-14-10-26(11-15-28)13-17-30-19-18-29(35-30)16-12-25-6-8-27(9-7-25)20-22-33-24-31(2)3;/h6-11,14-15,18-19H,5,20-24H2,1-4H3;1H4. The van der Waals surface area contributed by atoms with Crippen LogP contribution in [0.5, 0.6) is 5.75 Å². The molecular formula is C31H38N2O2S. The Bertz CT molecular complexity index is 1160. The van der Waals surface area contributed by atoms with Crippen molar-refractivity contribution in [3.63, 3.8) is 0 Å². The van der Waals surface area contributed by atoms with E-state index in [-0.39, 0.29) is 7.43 Å². The van der Waals surface area contributed by atoms with Crippen LogP contribution in [0.15, 0.2) is 60.7 Å². The van der Waals surface area contributed by atoms with Gasteiger partial charge in [0.05, 0.1) is 23.1 Å². The minimum absolute atomic E-state index is 0. The van der Waals surface area contributed by atoms with Crippen LogP contribution < -0.4 is 4.74 Å². The number of hydrogen-bond acceptors (Lipinski definition) is 5. The summed E-state index contributed by atoms with van der Waals surface area (Å²) < 4.78 is 11.4. The Morgan fingerprint density at radius 1 is 0.750 bits per heavy atom. The third-order valence-electron chi connectivity index (χ3n) is 5.24. The number of benzene rings is 2. The van der Waals surface area contributed by atoms with Gasteiger partial charge in [-0.05, 0) is 88.2 Å². The monoisotopic (exact) mass is 502 g/mol. The van der Waals surface area contributed by atoms with Crippen LogP contribution in [0.2, 0.25) is 0 Å². The maximum absolute atomic E-state index is 5.79. The van der Waals surface area contributed by atoms with E-state index in [1.807, 2.05) is 55.4 Å². The van der Waals surface area contributed by atoms with Gasteiger partial charge in [-0.25, -0.2) is 0 Å². The van der Waals surface area contributed by atoms with Gasteiger partial charge < -0.3 is 14.4 Å². The van der Waals surface area contributed by atoms with Crippen LogP contribution in [0.3, 0.4) is 0 Å². The molecule has 0 radical (unpaired) electrons. The highest BCUT2D eigenvalue weighted by Crippen LogP contribution is 2.16. The van der Waals surface area contributed by atoms with Crippen LogP contribution in [-0.4, -0.2) is 64.0 Å². The zero-order valence-corrected chi connectivity index (χ0v) is 22.0. The Hall–Kier alpha value is -3.06. The van der Waals surface area contributed by atoms with Crippen molar-refractivity contribution in [2.75, 3.05) is 54.2 Å². The second-order valence-electron chi connectivity index (χ2n) is 8.50. The lowest BCUT2D eigenvalue weighted by molar-refractivity contribution is 0.0582. The predicted molar refractivity (Wildman–Crippen MR) is 153 cm³/mol. The van der Waals surface area contributed by atoms with Crippen molar-refractivity contribution >= 4 is 11.3 Å². The van der Waals surface area contributed by atoms with E-state index in [4.69, 9.17) is 9.47 Å². The fraction of sp³-hybridized carbons (Fsp3) is 0.355. The lowest BCUT2D eigenvalue weighted by atomic mass is 10.1. The van der Waals surface area contributed by atoms with E-state index in [1.165, 1.54) is 5.56 Å². The van der Waals surface area contributed by atoms with Crippen molar-refractivity contribution in [3.05, 3.63) is 87.1 Å². The van der Waals surface area contributed by atoms with Crippen LogP contribution in [-0.2, 0) is 11.2 Å². The van der Waals surface area contributed by atoms with Gasteiger partial charge in [0.1, 0.15) is 12.4 Å².